The van der Waals surface area contributed by atoms with Crippen molar-refractivity contribution in [1.82, 2.24) is 4.90 Å². The monoisotopic (exact) mass is 381 g/mol. The van der Waals surface area contributed by atoms with Crippen molar-refractivity contribution in [2.75, 3.05) is 13.1 Å². The molecule has 1 unspecified atom stereocenters. The maximum absolute atomic E-state index is 11.4. The van der Waals surface area contributed by atoms with Crippen LogP contribution in [0.2, 0.25) is 5.02 Å². The van der Waals surface area contributed by atoms with Crippen LogP contribution < -0.4 is 0 Å². The van der Waals surface area contributed by atoms with Gasteiger partial charge in [0.05, 0.1) is 0 Å². The summed E-state index contributed by atoms with van der Waals surface area (Å²) in [5, 5.41) is 1.47. The molecule has 4 heteroatoms. The van der Waals surface area contributed by atoms with Crippen LogP contribution in [-0.4, -0.2) is 28.4 Å². The molecule has 0 saturated carbocycles. The predicted molar refractivity (Wildman–Crippen MR) is 114 cm³/mol. The van der Waals surface area contributed by atoms with E-state index >= 15 is 0 Å². The van der Waals surface area contributed by atoms with E-state index in [0.717, 1.165) is 36.6 Å². The highest BCUT2D eigenvalue weighted by molar-refractivity contribution is 8.15. The Balaban J connectivity index is 0.000000728. The number of piperidine rings is 1. The van der Waals surface area contributed by atoms with E-state index in [1.807, 2.05) is 58.9 Å². The van der Waals surface area contributed by atoms with Gasteiger partial charge in [0.15, 0.2) is 0 Å². The molecule has 0 radical (unpaired) electrons. The van der Waals surface area contributed by atoms with Crippen LogP contribution in [0, 0.1) is 0 Å². The molecule has 0 aliphatic carbocycles. The Hall–Kier alpha value is -1.03. The SMILES string of the molecule is C=CC.CC.CC.O=C1C=C2CN(Cc3ccccc3Cl)CCC2S1. The summed E-state index contributed by atoms with van der Waals surface area (Å²) in [4.78, 5) is 13.7. The summed E-state index contributed by atoms with van der Waals surface area (Å²) < 4.78 is 0. The van der Waals surface area contributed by atoms with E-state index in [4.69, 9.17) is 11.6 Å². The average Bonchev–Trinajstić information content (AvgIpc) is 3.00. The zero-order chi connectivity index (χ0) is 19.2. The van der Waals surface area contributed by atoms with Gasteiger partial charge in [-0.1, -0.05) is 75.3 Å². The van der Waals surface area contributed by atoms with Gasteiger partial charge < -0.3 is 0 Å². The maximum atomic E-state index is 11.4. The van der Waals surface area contributed by atoms with Crippen LogP contribution in [0.3, 0.4) is 0 Å². The number of rotatable bonds is 2. The molecule has 3 rings (SSSR count). The number of allylic oxidation sites excluding steroid dienone is 1. The van der Waals surface area contributed by atoms with E-state index in [9.17, 15) is 4.79 Å². The zero-order valence-electron chi connectivity index (χ0n) is 16.2. The molecule has 0 amide bonds. The van der Waals surface area contributed by atoms with Gasteiger partial charge in [0.1, 0.15) is 0 Å². The van der Waals surface area contributed by atoms with Crippen molar-refractivity contribution < 1.29 is 4.79 Å². The second-order valence-corrected chi connectivity index (χ2v) is 6.76. The first-order chi connectivity index (χ1) is 12.1. The molecule has 0 N–H and O–H groups in total. The molecule has 1 fully saturated rings. The van der Waals surface area contributed by atoms with E-state index in [1.165, 1.54) is 17.3 Å². The molecule has 25 heavy (non-hydrogen) atoms. The number of likely N-dealkylation sites (tertiary alicyclic amines) is 1. The smallest absolute Gasteiger partial charge is 0.212 e. The molecule has 2 nitrogen and oxygen atoms in total. The summed E-state index contributed by atoms with van der Waals surface area (Å²) in [6.07, 6.45) is 4.63. The molecule has 1 saturated heterocycles. The number of hydrogen-bond donors (Lipinski definition) is 0. The van der Waals surface area contributed by atoms with Crippen molar-refractivity contribution in [3.63, 3.8) is 0 Å². The van der Waals surface area contributed by atoms with Gasteiger partial charge in [0.2, 0.25) is 5.12 Å². The highest BCUT2D eigenvalue weighted by Crippen LogP contribution is 2.35. The molecular weight excluding hydrogens is 350 g/mol. The Labute approximate surface area is 163 Å². The second-order valence-electron chi connectivity index (χ2n) is 5.14. The molecule has 1 atom stereocenters. The van der Waals surface area contributed by atoms with Crippen LogP contribution >= 0.6 is 23.4 Å². The summed E-state index contributed by atoms with van der Waals surface area (Å²) in [6.45, 7) is 16.0. The van der Waals surface area contributed by atoms with Gasteiger partial charge in [-0.2, -0.15) is 0 Å². The first kappa shape index (κ1) is 24.0. The molecule has 2 aliphatic heterocycles. The van der Waals surface area contributed by atoms with Crippen molar-refractivity contribution >= 4 is 28.5 Å². The molecular formula is C21H32ClNOS. The lowest BCUT2D eigenvalue weighted by molar-refractivity contribution is -0.106. The van der Waals surface area contributed by atoms with Crippen molar-refractivity contribution in [3.8, 4) is 0 Å². The number of fused-ring (bicyclic) bond motifs is 1. The fourth-order valence-corrected chi connectivity index (χ4v) is 3.74. The summed E-state index contributed by atoms with van der Waals surface area (Å²) >= 11 is 7.66. The quantitative estimate of drug-likeness (QED) is 0.556. The topological polar surface area (TPSA) is 20.3 Å². The number of benzene rings is 1. The van der Waals surface area contributed by atoms with Crippen LogP contribution in [0.5, 0.6) is 0 Å². The lowest BCUT2D eigenvalue weighted by Gasteiger charge is -2.31. The number of halogens is 1. The van der Waals surface area contributed by atoms with E-state index in [2.05, 4.69) is 17.5 Å². The summed E-state index contributed by atoms with van der Waals surface area (Å²) in [7, 11) is 0. The Morgan fingerprint density at radius 1 is 1.28 bits per heavy atom. The number of nitrogens with zero attached hydrogens (tertiary/aromatic N) is 1. The summed E-state index contributed by atoms with van der Waals surface area (Å²) in [5.74, 6) is 0. The molecule has 2 heterocycles. The maximum Gasteiger partial charge on any atom is 0.212 e. The molecule has 140 valence electrons. The number of carbonyl (C=O) groups is 1. The highest BCUT2D eigenvalue weighted by atomic mass is 35.5. The van der Waals surface area contributed by atoms with Crippen molar-refractivity contribution in [3.05, 3.63) is 59.2 Å². The largest absolute Gasteiger partial charge is 0.295 e. The third kappa shape index (κ3) is 8.26. The van der Waals surface area contributed by atoms with E-state index < -0.39 is 0 Å². The Morgan fingerprint density at radius 2 is 1.88 bits per heavy atom. The van der Waals surface area contributed by atoms with Crippen LogP contribution in [0.25, 0.3) is 0 Å². The van der Waals surface area contributed by atoms with Gasteiger partial charge in [0.25, 0.3) is 0 Å². The minimum Gasteiger partial charge on any atom is -0.295 e. The zero-order valence-corrected chi connectivity index (χ0v) is 17.8. The van der Waals surface area contributed by atoms with Gasteiger partial charge in [0, 0.05) is 29.9 Å². The standard InChI is InChI=1S/C14H14ClNOS.C3H6.2C2H6/c15-12-4-2-1-3-10(12)8-16-6-5-13-11(9-16)7-14(17)18-13;1-3-2;2*1-2/h1-4,7,13H,5-6,8-9H2;3H,1H2,2H3;2*1-2H3. The van der Waals surface area contributed by atoms with Gasteiger partial charge in [-0.3, -0.25) is 9.69 Å². The minimum absolute atomic E-state index is 0.217. The fraction of sp³-hybridized carbons (Fsp3) is 0.476. The number of thioether (sulfide) groups is 1. The Kier molecular flexibility index (Phi) is 13.6. The lowest BCUT2D eigenvalue weighted by atomic mass is 10.0. The van der Waals surface area contributed by atoms with E-state index in [0.29, 0.717) is 5.25 Å². The third-order valence-corrected chi connectivity index (χ3v) is 4.98. The van der Waals surface area contributed by atoms with Gasteiger partial charge >= 0.3 is 0 Å². The normalized spacial score (nSPS) is 18.2. The summed E-state index contributed by atoms with van der Waals surface area (Å²) in [6, 6.07) is 7.96. The lowest BCUT2D eigenvalue weighted by Crippen LogP contribution is -2.35. The molecule has 0 bridgehead atoms. The average molecular weight is 382 g/mol. The fourth-order valence-electron chi connectivity index (χ4n) is 2.53. The molecule has 1 aromatic rings. The highest BCUT2D eigenvalue weighted by Gasteiger charge is 2.30. The van der Waals surface area contributed by atoms with Crippen LogP contribution in [0.4, 0.5) is 0 Å². The Bertz CT molecular complexity index is 557. The number of carbonyl (C=O) groups excluding carboxylic acids is 1. The van der Waals surface area contributed by atoms with Crippen LogP contribution in [0.15, 0.2) is 48.6 Å². The van der Waals surface area contributed by atoms with Crippen molar-refractivity contribution in [1.29, 1.82) is 0 Å². The van der Waals surface area contributed by atoms with Crippen molar-refractivity contribution in [2.45, 2.75) is 52.8 Å². The predicted octanol–water partition coefficient (Wildman–Crippen LogP) is 6.36. The number of hydrogen-bond acceptors (Lipinski definition) is 3. The van der Waals surface area contributed by atoms with E-state index in [1.54, 1.807) is 6.08 Å². The molecule has 0 spiro atoms. The van der Waals surface area contributed by atoms with Gasteiger partial charge in [-0.15, -0.1) is 6.58 Å². The first-order valence-electron chi connectivity index (χ1n) is 9.08. The van der Waals surface area contributed by atoms with Gasteiger partial charge in [-0.05, 0) is 36.6 Å². The minimum atomic E-state index is 0.217. The molecule has 2 aliphatic rings. The van der Waals surface area contributed by atoms with Crippen molar-refractivity contribution in [2.24, 2.45) is 0 Å². The van der Waals surface area contributed by atoms with Crippen LogP contribution in [-0.2, 0) is 11.3 Å². The van der Waals surface area contributed by atoms with Gasteiger partial charge in [-0.25, -0.2) is 0 Å². The molecule has 1 aromatic carbocycles. The summed E-state index contributed by atoms with van der Waals surface area (Å²) in [5.41, 5.74) is 2.44. The Morgan fingerprint density at radius 3 is 2.48 bits per heavy atom. The molecule has 0 aromatic heterocycles. The van der Waals surface area contributed by atoms with E-state index in [-0.39, 0.29) is 5.12 Å². The second kappa shape index (κ2) is 14.2. The third-order valence-electron chi connectivity index (χ3n) is 3.44. The van der Waals surface area contributed by atoms with Crippen LogP contribution in [0.1, 0.15) is 46.6 Å². The first-order valence-corrected chi connectivity index (χ1v) is 10.3.